The van der Waals surface area contributed by atoms with E-state index in [1.54, 1.807) is 0 Å². The molecule has 1 aliphatic rings. The Kier molecular flexibility index (Phi) is 4.93. The number of anilines is 1. The lowest BCUT2D eigenvalue weighted by atomic mass is 9.82. The third kappa shape index (κ3) is 4.03. The van der Waals surface area contributed by atoms with Crippen molar-refractivity contribution in [3.05, 3.63) is 16.3 Å². The van der Waals surface area contributed by atoms with Gasteiger partial charge < -0.3 is 10.1 Å². The number of hydrogen-bond donors (Lipinski definition) is 1. The molecule has 1 N–H and O–H groups in total. The SMILES string of the molecule is CCNc1ncc([N+](=O)[O-])c(OC2CC(C)CC(C)C2)n1. The van der Waals surface area contributed by atoms with E-state index < -0.39 is 4.92 Å². The molecule has 1 aromatic heterocycles. The molecule has 1 aromatic rings. The van der Waals surface area contributed by atoms with Crippen molar-refractivity contribution < 1.29 is 9.66 Å². The topological polar surface area (TPSA) is 90.2 Å². The highest BCUT2D eigenvalue weighted by Gasteiger charge is 2.28. The zero-order valence-electron chi connectivity index (χ0n) is 12.7. The largest absolute Gasteiger partial charge is 0.469 e. The second-order valence-corrected chi connectivity index (χ2v) is 5.83. The minimum atomic E-state index is -0.499. The van der Waals surface area contributed by atoms with Gasteiger partial charge >= 0.3 is 5.69 Å². The van der Waals surface area contributed by atoms with Gasteiger partial charge in [-0.15, -0.1) is 0 Å². The van der Waals surface area contributed by atoms with E-state index in [0.717, 1.165) is 12.8 Å². The molecule has 7 heteroatoms. The van der Waals surface area contributed by atoms with Gasteiger partial charge in [-0.3, -0.25) is 10.1 Å². The molecule has 21 heavy (non-hydrogen) atoms. The van der Waals surface area contributed by atoms with Crippen LogP contribution in [-0.2, 0) is 0 Å². The molecule has 0 aromatic carbocycles. The summed E-state index contributed by atoms with van der Waals surface area (Å²) in [7, 11) is 0. The first-order chi connectivity index (χ1) is 9.99. The van der Waals surface area contributed by atoms with Crippen LogP contribution in [-0.4, -0.2) is 27.5 Å². The third-order valence-corrected chi connectivity index (χ3v) is 3.68. The molecule has 1 heterocycles. The van der Waals surface area contributed by atoms with Gasteiger partial charge in [-0.2, -0.15) is 4.98 Å². The van der Waals surface area contributed by atoms with Crippen molar-refractivity contribution in [2.75, 3.05) is 11.9 Å². The van der Waals surface area contributed by atoms with Gasteiger partial charge in [0.25, 0.3) is 5.88 Å². The second-order valence-electron chi connectivity index (χ2n) is 5.83. The fourth-order valence-electron chi connectivity index (χ4n) is 2.94. The van der Waals surface area contributed by atoms with Crippen LogP contribution >= 0.6 is 0 Å². The van der Waals surface area contributed by atoms with Gasteiger partial charge in [0.2, 0.25) is 5.95 Å². The quantitative estimate of drug-likeness (QED) is 0.663. The van der Waals surface area contributed by atoms with Crippen molar-refractivity contribution in [3.63, 3.8) is 0 Å². The predicted molar refractivity (Wildman–Crippen MR) is 79.4 cm³/mol. The molecule has 0 saturated heterocycles. The number of ether oxygens (including phenoxy) is 1. The first kappa shape index (κ1) is 15.5. The molecule has 0 amide bonds. The Bertz CT molecular complexity index is 499. The normalized spacial score (nSPS) is 25.4. The van der Waals surface area contributed by atoms with Crippen LogP contribution in [0.1, 0.15) is 40.0 Å². The highest BCUT2D eigenvalue weighted by molar-refractivity contribution is 5.43. The molecule has 116 valence electrons. The molecular formula is C14H22N4O3. The molecule has 2 unspecified atom stereocenters. The lowest BCUT2D eigenvalue weighted by Gasteiger charge is -2.31. The van der Waals surface area contributed by atoms with E-state index in [4.69, 9.17) is 4.74 Å². The maximum absolute atomic E-state index is 11.1. The Morgan fingerprint density at radius 2 is 2.05 bits per heavy atom. The number of aromatic nitrogens is 2. The average Bonchev–Trinajstić information content (AvgIpc) is 2.37. The van der Waals surface area contributed by atoms with E-state index in [0.29, 0.717) is 24.3 Å². The van der Waals surface area contributed by atoms with Crippen LogP contribution in [0.2, 0.25) is 0 Å². The summed E-state index contributed by atoms with van der Waals surface area (Å²) in [6, 6.07) is 0. The average molecular weight is 294 g/mol. The molecular weight excluding hydrogens is 272 g/mol. The lowest BCUT2D eigenvalue weighted by Crippen LogP contribution is -2.29. The minimum Gasteiger partial charge on any atom is -0.469 e. The van der Waals surface area contributed by atoms with Gasteiger partial charge in [0.05, 0.1) is 4.92 Å². The summed E-state index contributed by atoms with van der Waals surface area (Å²) in [5.41, 5.74) is -0.178. The van der Waals surface area contributed by atoms with Crippen LogP contribution in [0.4, 0.5) is 11.6 Å². The predicted octanol–water partition coefficient (Wildman–Crippen LogP) is 3.02. The summed E-state index contributed by atoms with van der Waals surface area (Å²) in [6.45, 7) is 6.93. The summed E-state index contributed by atoms with van der Waals surface area (Å²) in [5, 5.41) is 14.0. The highest BCUT2D eigenvalue weighted by Crippen LogP contribution is 2.33. The van der Waals surface area contributed by atoms with Crippen molar-refractivity contribution in [1.82, 2.24) is 9.97 Å². The first-order valence-corrected chi connectivity index (χ1v) is 7.41. The van der Waals surface area contributed by atoms with E-state index in [2.05, 4.69) is 29.1 Å². The van der Waals surface area contributed by atoms with Gasteiger partial charge in [0.15, 0.2) is 0 Å². The Hall–Kier alpha value is -1.92. The molecule has 2 rings (SSSR count). The summed E-state index contributed by atoms with van der Waals surface area (Å²) in [4.78, 5) is 18.7. The summed E-state index contributed by atoms with van der Waals surface area (Å²) >= 11 is 0. The lowest BCUT2D eigenvalue weighted by molar-refractivity contribution is -0.386. The van der Waals surface area contributed by atoms with Crippen LogP contribution in [0.25, 0.3) is 0 Å². The van der Waals surface area contributed by atoms with Crippen LogP contribution in [0.15, 0.2) is 6.20 Å². The Labute approximate surface area is 124 Å². The maximum atomic E-state index is 11.1. The monoisotopic (exact) mass is 294 g/mol. The molecule has 1 aliphatic carbocycles. The zero-order valence-corrected chi connectivity index (χ0v) is 12.7. The third-order valence-electron chi connectivity index (χ3n) is 3.68. The van der Waals surface area contributed by atoms with Crippen LogP contribution in [0.3, 0.4) is 0 Å². The Balaban J connectivity index is 2.19. The fraction of sp³-hybridized carbons (Fsp3) is 0.714. The van der Waals surface area contributed by atoms with Crippen molar-refractivity contribution >= 4 is 11.6 Å². The summed E-state index contributed by atoms with van der Waals surface area (Å²) < 4.78 is 5.84. The maximum Gasteiger partial charge on any atom is 0.349 e. The fourth-order valence-corrected chi connectivity index (χ4v) is 2.94. The van der Waals surface area contributed by atoms with Gasteiger partial charge in [0.1, 0.15) is 12.3 Å². The van der Waals surface area contributed by atoms with Gasteiger partial charge in [-0.05, 0) is 38.0 Å². The summed E-state index contributed by atoms with van der Waals surface area (Å²) in [6.07, 6.45) is 4.17. The van der Waals surface area contributed by atoms with E-state index in [1.165, 1.54) is 12.6 Å². The van der Waals surface area contributed by atoms with Crippen molar-refractivity contribution in [3.8, 4) is 5.88 Å². The minimum absolute atomic E-state index is 0.0215. The number of hydrogen-bond acceptors (Lipinski definition) is 6. The van der Waals surface area contributed by atoms with Crippen molar-refractivity contribution in [2.45, 2.75) is 46.1 Å². The van der Waals surface area contributed by atoms with E-state index in [1.807, 2.05) is 6.92 Å². The van der Waals surface area contributed by atoms with E-state index >= 15 is 0 Å². The van der Waals surface area contributed by atoms with Crippen LogP contribution in [0, 0.1) is 22.0 Å². The highest BCUT2D eigenvalue weighted by atomic mass is 16.6. The molecule has 0 spiro atoms. The summed E-state index contributed by atoms with van der Waals surface area (Å²) in [5.74, 6) is 1.55. The smallest absolute Gasteiger partial charge is 0.349 e. The van der Waals surface area contributed by atoms with E-state index in [9.17, 15) is 10.1 Å². The van der Waals surface area contributed by atoms with Gasteiger partial charge in [0, 0.05) is 6.54 Å². The number of nitrogens with zero attached hydrogens (tertiary/aromatic N) is 3. The van der Waals surface area contributed by atoms with Crippen molar-refractivity contribution in [1.29, 1.82) is 0 Å². The number of nitrogens with one attached hydrogen (secondary N) is 1. The van der Waals surface area contributed by atoms with E-state index in [-0.39, 0.29) is 17.7 Å². The Morgan fingerprint density at radius 3 is 2.62 bits per heavy atom. The Morgan fingerprint density at radius 1 is 1.38 bits per heavy atom. The molecule has 1 saturated carbocycles. The number of rotatable bonds is 5. The molecule has 0 bridgehead atoms. The molecule has 0 radical (unpaired) electrons. The van der Waals surface area contributed by atoms with Crippen molar-refractivity contribution in [2.24, 2.45) is 11.8 Å². The molecule has 0 aliphatic heterocycles. The number of nitro groups is 1. The molecule has 2 atom stereocenters. The zero-order chi connectivity index (χ0) is 15.4. The first-order valence-electron chi connectivity index (χ1n) is 7.41. The van der Waals surface area contributed by atoms with Gasteiger partial charge in [-0.25, -0.2) is 4.98 Å². The molecule has 1 fully saturated rings. The second kappa shape index (κ2) is 6.69. The standard InChI is InChI=1S/C14H22N4O3/c1-4-15-14-16-8-12(18(19)20)13(17-14)21-11-6-9(2)5-10(3)7-11/h8-11H,4-7H2,1-3H3,(H,15,16,17). The van der Waals surface area contributed by atoms with Crippen LogP contribution in [0.5, 0.6) is 5.88 Å². The molecule has 7 nitrogen and oxygen atoms in total. The van der Waals surface area contributed by atoms with Gasteiger partial charge in [-0.1, -0.05) is 13.8 Å². The van der Waals surface area contributed by atoms with Crippen LogP contribution < -0.4 is 10.1 Å².